The first-order valence-electron chi connectivity index (χ1n) is 10.8. The van der Waals surface area contributed by atoms with Crippen molar-refractivity contribution in [1.82, 2.24) is 4.57 Å². The predicted molar refractivity (Wildman–Crippen MR) is 125 cm³/mol. The third-order valence-corrected chi connectivity index (χ3v) is 5.20. The first-order chi connectivity index (χ1) is 16.3. The van der Waals surface area contributed by atoms with E-state index in [1.165, 1.54) is 4.57 Å². The maximum Gasteiger partial charge on any atom is 0.356 e. The normalized spacial score (nSPS) is 11.4. The third kappa shape index (κ3) is 4.55. The SMILES string of the molecule is CCOC(=O)c1c(C(C#N)C(N)=O)c(-c2ccccc2)n(-c2ccc(C)cc2)c1C(=O)OCC. The van der Waals surface area contributed by atoms with Crippen molar-refractivity contribution < 1.29 is 23.9 Å². The molecule has 1 amide bonds. The van der Waals surface area contributed by atoms with Gasteiger partial charge in [-0.25, -0.2) is 9.59 Å². The zero-order chi connectivity index (χ0) is 24.8. The van der Waals surface area contributed by atoms with E-state index in [0.717, 1.165) is 5.56 Å². The first-order valence-corrected chi connectivity index (χ1v) is 10.8. The fourth-order valence-corrected chi connectivity index (χ4v) is 3.78. The molecule has 174 valence electrons. The Morgan fingerprint density at radius 3 is 2.09 bits per heavy atom. The number of nitrogens with zero attached hydrogens (tertiary/aromatic N) is 2. The summed E-state index contributed by atoms with van der Waals surface area (Å²) >= 11 is 0. The highest BCUT2D eigenvalue weighted by molar-refractivity contribution is 6.08. The van der Waals surface area contributed by atoms with Crippen molar-refractivity contribution in [3.8, 4) is 23.0 Å². The summed E-state index contributed by atoms with van der Waals surface area (Å²) in [7, 11) is 0. The summed E-state index contributed by atoms with van der Waals surface area (Å²) < 4.78 is 12.1. The van der Waals surface area contributed by atoms with Crippen LogP contribution in [0.3, 0.4) is 0 Å². The van der Waals surface area contributed by atoms with Crippen molar-refractivity contribution in [2.75, 3.05) is 13.2 Å². The second-order valence-electron chi connectivity index (χ2n) is 7.43. The van der Waals surface area contributed by atoms with Gasteiger partial charge in [-0.05, 0) is 38.5 Å². The summed E-state index contributed by atoms with van der Waals surface area (Å²) in [5, 5.41) is 9.88. The molecule has 1 aromatic heterocycles. The molecule has 0 saturated carbocycles. The van der Waals surface area contributed by atoms with E-state index in [-0.39, 0.29) is 30.0 Å². The van der Waals surface area contributed by atoms with Crippen LogP contribution >= 0.6 is 0 Å². The highest BCUT2D eigenvalue weighted by Gasteiger charge is 2.39. The van der Waals surface area contributed by atoms with Crippen molar-refractivity contribution in [1.29, 1.82) is 5.26 Å². The average molecular weight is 460 g/mol. The van der Waals surface area contributed by atoms with Crippen LogP contribution in [0.2, 0.25) is 0 Å². The Balaban J connectivity index is 2.60. The number of nitriles is 1. The van der Waals surface area contributed by atoms with E-state index >= 15 is 0 Å². The summed E-state index contributed by atoms with van der Waals surface area (Å²) in [4.78, 5) is 38.8. The molecule has 3 aromatic rings. The van der Waals surface area contributed by atoms with Gasteiger partial charge in [0.15, 0.2) is 5.92 Å². The summed E-state index contributed by atoms with van der Waals surface area (Å²) in [6.07, 6.45) is 0. The standard InChI is InChI=1S/C26H25N3O5/c1-4-33-25(31)21-20(19(15-27)24(28)30)22(17-9-7-6-8-10-17)29(23(21)26(32)34-5-2)18-13-11-16(3)12-14-18/h6-14,19H,4-5H2,1-3H3,(H2,28,30). The predicted octanol–water partition coefficient (Wildman–Crippen LogP) is 3.90. The third-order valence-electron chi connectivity index (χ3n) is 5.20. The van der Waals surface area contributed by atoms with Gasteiger partial charge in [-0.3, -0.25) is 4.79 Å². The van der Waals surface area contributed by atoms with Crippen LogP contribution in [0.1, 0.15) is 51.7 Å². The number of hydrogen-bond acceptors (Lipinski definition) is 6. The van der Waals surface area contributed by atoms with E-state index in [0.29, 0.717) is 16.9 Å². The fraction of sp³-hybridized carbons (Fsp3) is 0.231. The molecule has 1 heterocycles. The Morgan fingerprint density at radius 2 is 1.56 bits per heavy atom. The number of carbonyl (C=O) groups excluding carboxylic acids is 3. The largest absolute Gasteiger partial charge is 0.462 e. The van der Waals surface area contributed by atoms with Crippen molar-refractivity contribution in [2.24, 2.45) is 5.73 Å². The molecule has 34 heavy (non-hydrogen) atoms. The minimum Gasteiger partial charge on any atom is -0.462 e. The summed E-state index contributed by atoms with van der Waals surface area (Å²) in [5.41, 5.74) is 7.62. The molecule has 3 rings (SSSR count). The van der Waals surface area contributed by atoms with Gasteiger partial charge in [0, 0.05) is 11.3 Å². The number of amides is 1. The van der Waals surface area contributed by atoms with Crippen LogP contribution in [0.15, 0.2) is 54.6 Å². The quantitative estimate of drug-likeness (QED) is 0.510. The molecule has 0 fully saturated rings. The topological polar surface area (TPSA) is 124 Å². The molecular weight excluding hydrogens is 434 g/mol. The molecule has 2 aromatic carbocycles. The van der Waals surface area contributed by atoms with Crippen LogP contribution < -0.4 is 5.73 Å². The Kier molecular flexibility index (Phi) is 7.49. The zero-order valence-corrected chi connectivity index (χ0v) is 19.2. The second kappa shape index (κ2) is 10.5. The van der Waals surface area contributed by atoms with Crippen LogP contribution in [-0.2, 0) is 14.3 Å². The van der Waals surface area contributed by atoms with Crippen LogP contribution in [0.5, 0.6) is 0 Å². The molecular formula is C26H25N3O5. The van der Waals surface area contributed by atoms with E-state index in [1.807, 2.05) is 25.1 Å². The highest BCUT2D eigenvalue weighted by Crippen LogP contribution is 2.40. The zero-order valence-electron chi connectivity index (χ0n) is 19.2. The van der Waals surface area contributed by atoms with Gasteiger partial charge in [-0.1, -0.05) is 48.0 Å². The molecule has 0 aliphatic rings. The minimum absolute atomic E-state index is 0.00304. The second-order valence-corrected chi connectivity index (χ2v) is 7.43. The summed E-state index contributed by atoms with van der Waals surface area (Å²) in [6.45, 7) is 5.24. The summed E-state index contributed by atoms with van der Waals surface area (Å²) in [6, 6.07) is 18.0. The number of primary amides is 1. The lowest BCUT2D eigenvalue weighted by Crippen LogP contribution is -2.23. The maximum absolute atomic E-state index is 13.3. The Labute approximate surface area is 197 Å². The van der Waals surface area contributed by atoms with Crippen LogP contribution in [-0.4, -0.2) is 35.6 Å². The number of aryl methyl sites for hydroxylation is 1. The van der Waals surface area contributed by atoms with Gasteiger partial charge in [0.25, 0.3) is 0 Å². The Bertz CT molecular complexity index is 1250. The fourth-order valence-electron chi connectivity index (χ4n) is 3.78. The van der Waals surface area contributed by atoms with Gasteiger partial charge >= 0.3 is 11.9 Å². The van der Waals surface area contributed by atoms with E-state index in [4.69, 9.17) is 15.2 Å². The van der Waals surface area contributed by atoms with E-state index in [2.05, 4.69) is 0 Å². The molecule has 0 radical (unpaired) electrons. The van der Waals surface area contributed by atoms with E-state index in [1.54, 1.807) is 56.3 Å². The van der Waals surface area contributed by atoms with Gasteiger partial charge in [-0.15, -0.1) is 0 Å². The Hall–Kier alpha value is -4.38. The van der Waals surface area contributed by atoms with Crippen LogP contribution in [0.4, 0.5) is 0 Å². The average Bonchev–Trinajstić information content (AvgIpc) is 3.16. The van der Waals surface area contributed by atoms with Gasteiger partial charge in [0.2, 0.25) is 5.91 Å². The smallest absolute Gasteiger partial charge is 0.356 e. The van der Waals surface area contributed by atoms with Gasteiger partial charge in [-0.2, -0.15) is 5.26 Å². The number of carbonyl (C=O) groups is 3. The van der Waals surface area contributed by atoms with Gasteiger partial charge in [0.1, 0.15) is 5.69 Å². The molecule has 1 unspecified atom stereocenters. The number of hydrogen-bond donors (Lipinski definition) is 1. The molecule has 0 spiro atoms. The lowest BCUT2D eigenvalue weighted by molar-refractivity contribution is -0.118. The molecule has 0 bridgehead atoms. The molecule has 2 N–H and O–H groups in total. The van der Waals surface area contributed by atoms with Crippen molar-refractivity contribution >= 4 is 17.8 Å². The van der Waals surface area contributed by atoms with E-state index in [9.17, 15) is 19.6 Å². The maximum atomic E-state index is 13.3. The summed E-state index contributed by atoms with van der Waals surface area (Å²) in [5.74, 6) is -4.13. The molecule has 8 nitrogen and oxygen atoms in total. The molecule has 0 aliphatic carbocycles. The Morgan fingerprint density at radius 1 is 0.971 bits per heavy atom. The number of nitrogens with two attached hydrogens (primary N) is 1. The van der Waals surface area contributed by atoms with Crippen LogP contribution in [0.25, 0.3) is 16.9 Å². The van der Waals surface area contributed by atoms with Crippen molar-refractivity contribution in [3.05, 3.63) is 77.0 Å². The number of benzene rings is 2. The lowest BCUT2D eigenvalue weighted by atomic mass is 9.92. The lowest BCUT2D eigenvalue weighted by Gasteiger charge is -2.15. The molecule has 8 heteroatoms. The molecule has 1 atom stereocenters. The van der Waals surface area contributed by atoms with Crippen LogP contribution in [0, 0.1) is 18.3 Å². The highest BCUT2D eigenvalue weighted by atomic mass is 16.5. The molecule has 0 saturated heterocycles. The minimum atomic E-state index is -1.52. The van der Waals surface area contributed by atoms with Gasteiger partial charge < -0.3 is 19.8 Å². The monoisotopic (exact) mass is 459 g/mol. The number of ether oxygens (including phenoxy) is 2. The number of esters is 2. The molecule has 0 aliphatic heterocycles. The number of aromatic nitrogens is 1. The van der Waals surface area contributed by atoms with E-state index < -0.39 is 23.8 Å². The first kappa shape index (κ1) is 24.3. The van der Waals surface area contributed by atoms with Gasteiger partial charge in [0.05, 0.1) is 30.5 Å². The van der Waals surface area contributed by atoms with Crippen molar-refractivity contribution in [2.45, 2.75) is 26.7 Å². The number of rotatable bonds is 8. The van der Waals surface area contributed by atoms with Crippen molar-refractivity contribution in [3.63, 3.8) is 0 Å².